The molecule has 1 fully saturated rings. The Bertz CT molecular complexity index is 213. The van der Waals surface area contributed by atoms with E-state index < -0.39 is 0 Å². The molecule has 0 saturated heterocycles. The Morgan fingerprint density at radius 2 is 0.778 bits per heavy atom. The standard InChI is InChI=1S/C12H18Br6/c13-7-5-3-1-2-4-6-8(14)10(16)12(18)11(17)9(7)15/h7-12H,1-6H2/t7-,8-,9-,10+,11-,12+/m1/s1. The second-order valence-corrected chi connectivity index (χ2v) is 11.4. The third kappa shape index (κ3) is 5.94. The van der Waals surface area contributed by atoms with Crippen LogP contribution in [0.15, 0.2) is 0 Å². The molecule has 0 aromatic heterocycles. The number of hydrogen-bond donors (Lipinski definition) is 0. The lowest BCUT2D eigenvalue weighted by Gasteiger charge is -2.31. The van der Waals surface area contributed by atoms with Crippen molar-refractivity contribution in [3.63, 3.8) is 0 Å². The quantitative estimate of drug-likeness (QED) is 0.252. The minimum absolute atomic E-state index is 0.394. The third-order valence-electron chi connectivity index (χ3n) is 3.31. The van der Waals surface area contributed by atoms with Crippen LogP contribution >= 0.6 is 95.6 Å². The van der Waals surface area contributed by atoms with E-state index in [0.717, 1.165) is 0 Å². The predicted octanol–water partition coefficient (Wildman–Crippen LogP) is 6.92. The van der Waals surface area contributed by atoms with Gasteiger partial charge in [0.25, 0.3) is 0 Å². The van der Waals surface area contributed by atoms with Gasteiger partial charge in [0.2, 0.25) is 0 Å². The van der Waals surface area contributed by atoms with E-state index >= 15 is 0 Å². The van der Waals surface area contributed by atoms with E-state index in [2.05, 4.69) is 95.6 Å². The van der Waals surface area contributed by atoms with Crippen molar-refractivity contribution in [3.8, 4) is 0 Å². The summed E-state index contributed by atoms with van der Waals surface area (Å²) in [4.78, 5) is 2.70. The van der Waals surface area contributed by atoms with Crippen LogP contribution in [-0.2, 0) is 0 Å². The molecule has 1 aliphatic rings. The van der Waals surface area contributed by atoms with Crippen LogP contribution in [0.4, 0.5) is 0 Å². The lowest BCUT2D eigenvalue weighted by atomic mass is 10.0. The Labute approximate surface area is 161 Å². The molecule has 18 heavy (non-hydrogen) atoms. The Morgan fingerprint density at radius 1 is 0.444 bits per heavy atom. The van der Waals surface area contributed by atoms with Crippen molar-refractivity contribution in [2.75, 3.05) is 0 Å². The molecule has 0 radical (unpaired) electrons. The summed E-state index contributed by atoms with van der Waals surface area (Å²) >= 11 is 23.0. The molecule has 0 aromatic rings. The molecule has 0 bridgehead atoms. The lowest BCUT2D eigenvalue weighted by Crippen LogP contribution is -2.39. The van der Waals surface area contributed by atoms with Gasteiger partial charge in [-0.3, -0.25) is 0 Å². The molecular formula is C12H18Br6. The summed E-state index contributed by atoms with van der Waals surface area (Å²) < 4.78 is 0. The first-order valence-electron chi connectivity index (χ1n) is 6.29. The summed E-state index contributed by atoms with van der Waals surface area (Å²) in [5.41, 5.74) is 0. The number of alkyl halides is 6. The van der Waals surface area contributed by atoms with Crippen molar-refractivity contribution in [1.29, 1.82) is 0 Å². The Balaban J connectivity index is 2.71. The first-order chi connectivity index (χ1) is 8.45. The highest BCUT2D eigenvalue weighted by Crippen LogP contribution is 2.37. The van der Waals surface area contributed by atoms with Crippen LogP contribution in [0.25, 0.3) is 0 Å². The van der Waals surface area contributed by atoms with Gasteiger partial charge in [-0.1, -0.05) is 121 Å². The van der Waals surface area contributed by atoms with Crippen LogP contribution in [0.5, 0.6) is 0 Å². The Hall–Kier alpha value is 2.88. The highest BCUT2D eigenvalue weighted by molar-refractivity contribution is 9.15. The molecule has 1 aliphatic carbocycles. The molecule has 1 saturated carbocycles. The largest absolute Gasteiger partial charge is 0.0878 e. The van der Waals surface area contributed by atoms with E-state index in [1.54, 1.807) is 0 Å². The molecule has 1 rings (SSSR count). The molecule has 0 nitrogen and oxygen atoms in total. The minimum atomic E-state index is 0.394. The summed E-state index contributed by atoms with van der Waals surface area (Å²) in [7, 11) is 0. The summed E-state index contributed by atoms with van der Waals surface area (Å²) in [6.07, 6.45) is 7.80. The molecule has 0 aliphatic heterocycles. The fourth-order valence-corrected chi connectivity index (χ4v) is 7.63. The van der Waals surface area contributed by atoms with E-state index in [-0.39, 0.29) is 0 Å². The molecule has 108 valence electrons. The van der Waals surface area contributed by atoms with E-state index in [4.69, 9.17) is 0 Å². The maximum atomic E-state index is 3.84. The highest BCUT2D eigenvalue weighted by Gasteiger charge is 2.35. The smallest absolute Gasteiger partial charge is 0.0418 e. The van der Waals surface area contributed by atoms with Crippen LogP contribution < -0.4 is 0 Å². The summed E-state index contributed by atoms with van der Waals surface area (Å²) in [6.45, 7) is 0. The van der Waals surface area contributed by atoms with Gasteiger partial charge >= 0.3 is 0 Å². The fourth-order valence-electron chi connectivity index (χ4n) is 2.10. The number of halogens is 6. The summed E-state index contributed by atoms with van der Waals surface area (Å²) in [6, 6.07) is 0. The van der Waals surface area contributed by atoms with Crippen LogP contribution in [0, 0.1) is 0 Å². The topological polar surface area (TPSA) is 0 Å². The monoisotopic (exact) mass is 636 g/mol. The van der Waals surface area contributed by atoms with E-state index in [0.29, 0.717) is 29.0 Å². The maximum absolute atomic E-state index is 3.84. The van der Waals surface area contributed by atoms with E-state index in [1.807, 2.05) is 0 Å². The van der Waals surface area contributed by atoms with Gasteiger partial charge in [0, 0.05) is 29.0 Å². The summed E-state index contributed by atoms with van der Waals surface area (Å²) in [5.74, 6) is 0. The second kappa shape index (κ2) is 9.81. The number of rotatable bonds is 0. The molecule has 6 atom stereocenters. The first-order valence-corrected chi connectivity index (χ1v) is 11.8. The van der Waals surface area contributed by atoms with Crippen LogP contribution in [0.1, 0.15) is 38.5 Å². The highest BCUT2D eigenvalue weighted by atomic mass is 79.9. The SMILES string of the molecule is Br[C@@H]1[C@H](Br)[C@H](Br)[C@H](Br)CCCCCC[C@@H](Br)[C@@H]1Br. The van der Waals surface area contributed by atoms with Crippen LogP contribution in [0.3, 0.4) is 0 Å². The fraction of sp³-hybridized carbons (Fsp3) is 1.00. The molecule has 0 aromatic carbocycles. The van der Waals surface area contributed by atoms with Crippen molar-refractivity contribution in [2.45, 2.75) is 67.5 Å². The third-order valence-corrected chi connectivity index (χ3v) is 13.6. The average molecular weight is 642 g/mol. The van der Waals surface area contributed by atoms with Gasteiger partial charge in [0.15, 0.2) is 0 Å². The van der Waals surface area contributed by atoms with E-state index in [1.165, 1.54) is 38.5 Å². The maximum Gasteiger partial charge on any atom is 0.0418 e. The zero-order valence-corrected chi connectivity index (χ0v) is 19.5. The van der Waals surface area contributed by atoms with Crippen LogP contribution in [-0.4, -0.2) is 29.0 Å². The molecular weight excluding hydrogens is 624 g/mol. The molecule has 0 spiro atoms. The molecule has 0 unspecified atom stereocenters. The Kier molecular flexibility index (Phi) is 10.3. The van der Waals surface area contributed by atoms with Gasteiger partial charge in [0.05, 0.1) is 0 Å². The zero-order valence-electron chi connectivity index (χ0n) is 9.97. The second-order valence-electron chi connectivity index (χ2n) is 4.80. The van der Waals surface area contributed by atoms with Crippen molar-refractivity contribution >= 4 is 95.6 Å². The molecule has 0 amide bonds. The van der Waals surface area contributed by atoms with Crippen molar-refractivity contribution in [2.24, 2.45) is 0 Å². The number of hydrogen-bond acceptors (Lipinski definition) is 0. The van der Waals surface area contributed by atoms with E-state index in [9.17, 15) is 0 Å². The van der Waals surface area contributed by atoms with Gasteiger partial charge in [-0.25, -0.2) is 0 Å². The van der Waals surface area contributed by atoms with Crippen LogP contribution in [0.2, 0.25) is 0 Å². The molecule has 0 heterocycles. The van der Waals surface area contributed by atoms with Gasteiger partial charge in [0.1, 0.15) is 0 Å². The lowest BCUT2D eigenvalue weighted by molar-refractivity contribution is 0.549. The van der Waals surface area contributed by atoms with Crippen molar-refractivity contribution in [3.05, 3.63) is 0 Å². The normalized spacial score (nSPS) is 45.0. The van der Waals surface area contributed by atoms with Gasteiger partial charge < -0.3 is 0 Å². The van der Waals surface area contributed by atoms with Crippen molar-refractivity contribution in [1.82, 2.24) is 0 Å². The minimum Gasteiger partial charge on any atom is -0.0878 e. The predicted molar refractivity (Wildman–Crippen MR) is 104 cm³/mol. The first kappa shape index (κ1) is 18.9. The Morgan fingerprint density at radius 3 is 1.11 bits per heavy atom. The molecule has 6 heteroatoms. The van der Waals surface area contributed by atoms with Gasteiger partial charge in [-0.2, -0.15) is 0 Å². The average Bonchev–Trinajstić information content (AvgIpc) is 2.37. The zero-order chi connectivity index (χ0) is 13.7. The molecule has 0 N–H and O–H groups in total. The van der Waals surface area contributed by atoms with Gasteiger partial charge in [-0.05, 0) is 12.8 Å². The summed E-state index contributed by atoms with van der Waals surface area (Å²) in [5, 5.41) is 0. The van der Waals surface area contributed by atoms with Crippen molar-refractivity contribution < 1.29 is 0 Å². The van der Waals surface area contributed by atoms with Gasteiger partial charge in [-0.15, -0.1) is 0 Å².